The highest BCUT2D eigenvalue weighted by molar-refractivity contribution is 7.89. The standard InChI is InChI=1S/C16H17FN2O2S/c17-14-7-3-4-8-16(14)22(20,21)19-11-15-13-6-2-1-5-12(13)9-10-18-15/h1-8,15,18-19H,9-11H2. The zero-order valence-electron chi connectivity index (χ0n) is 11.9. The second-order valence-corrected chi connectivity index (χ2v) is 6.97. The third-order valence-electron chi connectivity index (χ3n) is 3.82. The molecule has 0 bridgehead atoms. The first-order valence-corrected chi connectivity index (χ1v) is 8.61. The van der Waals surface area contributed by atoms with E-state index in [2.05, 4.69) is 16.1 Å². The van der Waals surface area contributed by atoms with Crippen molar-refractivity contribution in [3.05, 3.63) is 65.5 Å². The lowest BCUT2D eigenvalue weighted by Gasteiger charge is -2.27. The molecule has 2 aromatic carbocycles. The van der Waals surface area contributed by atoms with Gasteiger partial charge in [-0.05, 0) is 36.2 Å². The van der Waals surface area contributed by atoms with Gasteiger partial charge in [0.2, 0.25) is 10.0 Å². The quantitative estimate of drug-likeness (QED) is 0.906. The van der Waals surface area contributed by atoms with Crippen LogP contribution in [0.4, 0.5) is 4.39 Å². The third kappa shape index (κ3) is 3.04. The average Bonchev–Trinajstić information content (AvgIpc) is 2.53. The Balaban J connectivity index is 1.77. The maximum atomic E-state index is 13.7. The molecule has 1 unspecified atom stereocenters. The lowest BCUT2D eigenvalue weighted by molar-refractivity contribution is 0.489. The molecule has 0 aliphatic carbocycles. The van der Waals surface area contributed by atoms with Gasteiger partial charge in [0, 0.05) is 12.6 Å². The molecule has 0 spiro atoms. The SMILES string of the molecule is O=S(=O)(NCC1NCCc2ccccc21)c1ccccc1F. The summed E-state index contributed by atoms with van der Waals surface area (Å²) in [7, 11) is -3.86. The summed E-state index contributed by atoms with van der Waals surface area (Å²) >= 11 is 0. The van der Waals surface area contributed by atoms with E-state index in [-0.39, 0.29) is 17.5 Å². The van der Waals surface area contributed by atoms with Crippen molar-refractivity contribution < 1.29 is 12.8 Å². The fourth-order valence-corrected chi connectivity index (χ4v) is 3.83. The second kappa shape index (κ2) is 6.16. The number of halogens is 1. The zero-order valence-corrected chi connectivity index (χ0v) is 12.7. The van der Waals surface area contributed by atoms with E-state index in [1.165, 1.54) is 23.8 Å². The van der Waals surface area contributed by atoms with Crippen LogP contribution in [-0.2, 0) is 16.4 Å². The molecule has 1 aliphatic heterocycles. The Kier molecular flexibility index (Phi) is 4.24. The van der Waals surface area contributed by atoms with Gasteiger partial charge in [-0.3, -0.25) is 0 Å². The normalized spacial score (nSPS) is 18.0. The predicted octanol–water partition coefficient (Wildman–Crippen LogP) is 1.99. The van der Waals surface area contributed by atoms with Gasteiger partial charge in [0.25, 0.3) is 0 Å². The fraction of sp³-hybridized carbons (Fsp3) is 0.250. The summed E-state index contributed by atoms with van der Waals surface area (Å²) in [6.45, 7) is 0.983. The largest absolute Gasteiger partial charge is 0.308 e. The molecule has 116 valence electrons. The van der Waals surface area contributed by atoms with E-state index in [1.807, 2.05) is 18.2 Å². The van der Waals surface area contributed by atoms with Crippen LogP contribution in [0.25, 0.3) is 0 Å². The molecule has 1 atom stereocenters. The van der Waals surface area contributed by atoms with Gasteiger partial charge in [0.05, 0.1) is 0 Å². The minimum Gasteiger partial charge on any atom is -0.308 e. The second-order valence-electron chi connectivity index (χ2n) is 5.24. The highest BCUT2D eigenvalue weighted by Crippen LogP contribution is 2.22. The molecule has 3 rings (SSSR count). The highest BCUT2D eigenvalue weighted by atomic mass is 32.2. The number of nitrogens with one attached hydrogen (secondary N) is 2. The number of benzene rings is 2. The predicted molar refractivity (Wildman–Crippen MR) is 82.5 cm³/mol. The Morgan fingerprint density at radius 1 is 1.14 bits per heavy atom. The summed E-state index contributed by atoms with van der Waals surface area (Å²) in [4.78, 5) is -0.320. The van der Waals surface area contributed by atoms with E-state index < -0.39 is 15.8 Å². The van der Waals surface area contributed by atoms with Crippen molar-refractivity contribution in [1.29, 1.82) is 0 Å². The van der Waals surface area contributed by atoms with Crippen LogP contribution >= 0.6 is 0 Å². The Hall–Kier alpha value is -1.76. The van der Waals surface area contributed by atoms with Gasteiger partial charge in [0.15, 0.2) is 0 Å². The van der Waals surface area contributed by atoms with E-state index in [9.17, 15) is 12.8 Å². The van der Waals surface area contributed by atoms with Crippen molar-refractivity contribution in [3.8, 4) is 0 Å². The van der Waals surface area contributed by atoms with Crippen LogP contribution in [0.5, 0.6) is 0 Å². The minimum atomic E-state index is -3.86. The Labute approximate surface area is 129 Å². The number of hydrogen-bond acceptors (Lipinski definition) is 3. The van der Waals surface area contributed by atoms with Gasteiger partial charge in [0.1, 0.15) is 10.7 Å². The van der Waals surface area contributed by atoms with E-state index in [0.717, 1.165) is 24.6 Å². The number of hydrogen-bond donors (Lipinski definition) is 2. The zero-order chi connectivity index (χ0) is 15.6. The molecular formula is C16H17FN2O2S. The fourth-order valence-electron chi connectivity index (χ4n) is 2.71. The molecule has 6 heteroatoms. The highest BCUT2D eigenvalue weighted by Gasteiger charge is 2.23. The molecule has 2 N–H and O–H groups in total. The molecule has 0 radical (unpaired) electrons. The number of sulfonamides is 1. The lowest BCUT2D eigenvalue weighted by atomic mass is 9.95. The Bertz CT molecular complexity index is 777. The van der Waals surface area contributed by atoms with Crippen LogP contribution in [0.2, 0.25) is 0 Å². The first-order valence-electron chi connectivity index (χ1n) is 7.13. The number of rotatable bonds is 4. The summed E-state index contributed by atoms with van der Waals surface area (Å²) in [5, 5.41) is 3.29. The first-order chi connectivity index (χ1) is 10.6. The first kappa shape index (κ1) is 15.1. The third-order valence-corrected chi connectivity index (χ3v) is 5.28. The molecule has 2 aromatic rings. The van der Waals surface area contributed by atoms with E-state index >= 15 is 0 Å². The summed E-state index contributed by atoms with van der Waals surface area (Å²) in [5.41, 5.74) is 2.31. The number of fused-ring (bicyclic) bond motifs is 1. The van der Waals surface area contributed by atoms with E-state index in [0.29, 0.717) is 0 Å². The van der Waals surface area contributed by atoms with Gasteiger partial charge >= 0.3 is 0 Å². The van der Waals surface area contributed by atoms with Crippen LogP contribution in [0.1, 0.15) is 17.2 Å². The molecule has 4 nitrogen and oxygen atoms in total. The molecule has 22 heavy (non-hydrogen) atoms. The topological polar surface area (TPSA) is 58.2 Å². The Morgan fingerprint density at radius 2 is 1.86 bits per heavy atom. The van der Waals surface area contributed by atoms with E-state index in [4.69, 9.17) is 0 Å². The molecule has 0 amide bonds. The van der Waals surface area contributed by atoms with Gasteiger partial charge < -0.3 is 5.32 Å². The molecular weight excluding hydrogens is 303 g/mol. The summed E-state index contributed by atoms with van der Waals surface area (Å²) in [6.07, 6.45) is 0.923. The summed E-state index contributed by atoms with van der Waals surface area (Å²) in [6, 6.07) is 13.2. The molecule has 0 saturated heterocycles. The van der Waals surface area contributed by atoms with Gasteiger partial charge in [-0.15, -0.1) is 0 Å². The average molecular weight is 320 g/mol. The minimum absolute atomic E-state index is 0.105. The summed E-state index contributed by atoms with van der Waals surface area (Å²) < 4.78 is 40.6. The van der Waals surface area contributed by atoms with Gasteiger partial charge in [-0.1, -0.05) is 36.4 Å². The van der Waals surface area contributed by atoms with Crippen LogP contribution in [0.3, 0.4) is 0 Å². The monoisotopic (exact) mass is 320 g/mol. The van der Waals surface area contributed by atoms with Crippen LogP contribution in [0, 0.1) is 5.82 Å². The molecule has 1 aliphatic rings. The van der Waals surface area contributed by atoms with Crippen molar-refractivity contribution in [2.24, 2.45) is 0 Å². The van der Waals surface area contributed by atoms with Crippen molar-refractivity contribution in [2.45, 2.75) is 17.4 Å². The maximum absolute atomic E-state index is 13.7. The molecule has 1 heterocycles. The summed E-state index contributed by atoms with van der Waals surface area (Å²) in [5.74, 6) is -0.744. The molecule has 0 aromatic heterocycles. The molecule has 0 fully saturated rings. The maximum Gasteiger partial charge on any atom is 0.243 e. The smallest absolute Gasteiger partial charge is 0.243 e. The van der Waals surface area contributed by atoms with Gasteiger partial charge in [-0.2, -0.15) is 0 Å². The Morgan fingerprint density at radius 3 is 2.68 bits per heavy atom. The molecule has 0 saturated carbocycles. The van der Waals surface area contributed by atoms with Crippen LogP contribution in [0.15, 0.2) is 53.4 Å². The van der Waals surface area contributed by atoms with Crippen LogP contribution < -0.4 is 10.0 Å². The van der Waals surface area contributed by atoms with Crippen molar-refractivity contribution in [3.63, 3.8) is 0 Å². The van der Waals surface area contributed by atoms with Crippen molar-refractivity contribution in [2.75, 3.05) is 13.1 Å². The van der Waals surface area contributed by atoms with Crippen molar-refractivity contribution >= 4 is 10.0 Å². The van der Waals surface area contributed by atoms with E-state index in [1.54, 1.807) is 0 Å². The van der Waals surface area contributed by atoms with Crippen LogP contribution in [-0.4, -0.2) is 21.5 Å². The van der Waals surface area contributed by atoms with Gasteiger partial charge in [-0.25, -0.2) is 17.5 Å². The van der Waals surface area contributed by atoms with Crippen molar-refractivity contribution in [1.82, 2.24) is 10.0 Å². The lowest BCUT2D eigenvalue weighted by Crippen LogP contribution is -2.39.